The van der Waals surface area contributed by atoms with Crippen LogP contribution in [0.1, 0.15) is 35.5 Å². The van der Waals surface area contributed by atoms with Crippen LogP contribution >= 0.6 is 11.3 Å². The zero-order valence-corrected chi connectivity index (χ0v) is 11.7. The molecule has 0 saturated carbocycles. The van der Waals surface area contributed by atoms with Crippen molar-refractivity contribution in [3.63, 3.8) is 0 Å². The summed E-state index contributed by atoms with van der Waals surface area (Å²) in [6.45, 7) is 5.30. The van der Waals surface area contributed by atoms with Gasteiger partial charge in [-0.05, 0) is 37.9 Å². The van der Waals surface area contributed by atoms with Gasteiger partial charge in [-0.25, -0.2) is 4.98 Å². The average molecular weight is 261 g/mol. The molecule has 2 aromatic rings. The number of thiazole rings is 1. The van der Waals surface area contributed by atoms with Crippen molar-refractivity contribution in [1.29, 1.82) is 0 Å². The maximum atomic E-state index is 4.35. The summed E-state index contributed by atoms with van der Waals surface area (Å²) in [6, 6.07) is 4.47. The SMILES string of the molecule is CCCNC(Cc1cccnc1)c1scnc1C. The highest BCUT2D eigenvalue weighted by molar-refractivity contribution is 7.09. The highest BCUT2D eigenvalue weighted by Gasteiger charge is 2.15. The van der Waals surface area contributed by atoms with Crippen LogP contribution in [0.15, 0.2) is 30.0 Å². The van der Waals surface area contributed by atoms with Gasteiger partial charge < -0.3 is 5.32 Å². The third kappa shape index (κ3) is 3.37. The van der Waals surface area contributed by atoms with Gasteiger partial charge in [0.05, 0.1) is 11.2 Å². The summed E-state index contributed by atoms with van der Waals surface area (Å²) in [5.74, 6) is 0. The lowest BCUT2D eigenvalue weighted by atomic mass is 10.1. The second-order valence-corrected chi connectivity index (χ2v) is 5.26. The summed E-state index contributed by atoms with van der Waals surface area (Å²) in [5, 5.41) is 3.60. The Morgan fingerprint density at radius 1 is 1.44 bits per heavy atom. The number of hydrogen-bond acceptors (Lipinski definition) is 4. The molecule has 1 atom stereocenters. The molecule has 2 heterocycles. The standard InChI is InChI=1S/C14H19N3S/c1-3-6-16-13(14-11(2)17-10-18-14)8-12-5-4-7-15-9-12/h4-5,7,9-10,13,16H,3,6,8H2,1-2H3. The summed E-state index contributed by atoms with van der Waals surface area (Å²) in [5.41, 5.74) is 4.32. The average Bonchev–Trinajstić information content (AvgIpc) is 2.82. The first-order chi connectivity index (χ1) is 8.81. The molecule has 4 heteroatoms. The lowest BCUT2D eigenvalue weighted by Gasteiger charge is -2.17. The first-order valence-electron chi connectivity index (χ1n) is 6.33. The van der Waals surface area contributed by atoms with E-state index in [0.29, 0.717) is 6.04 Å². The van der Waals surface area contributed by atoms with Gasteiger partial charge in [0.15, 0.2) is 0 Å². The topological polar surface area (TPSA) is 37.8 Å². The predicted octanol–water partition coefficient (Wildman–Crippen LogP) is 3.13. The smallest absolute Gasteiger partial charge is 0.0798 e. The van der Waals surface area contributed by atoms with Crippen molar-refractivity contribution in [1.82, 2.24) is 15.3 Å². The largest absolute Gasteiger partial charge is 0.309 e. The van der Waals surface area contributed by atoms with E-state index in [4.69, 9.17) is 0 Å². The second-order valence-electron chi connectivity index (χ2n) is 4.37. The minimum Gasteiger partial charge on any atom is -0.309 e. The number of aromatic nitrogens is 2. The van der Waals surface area contributed by atoms with E-state index in [1.165, 1.54) is 10.4 Å². The molecule has 3 nitrogen and oxygen atoms in total. The molecular formula is C14H19N3S. The fraction of sp³-hybridized carbons (Fsp3) is 0.429. The summed E-state index contributed by atoms with van der Waals surface area (Å²) in [6.07, 6.45) is 5.87. The van der Waals surface area contributed by atoms with E-state index in [9.17, 15) is 0 Å². The number of hydrogen-bond donors (Lipinski definition) is 1. The molecule has 0 spiro atoms. The predicted molar refractivity (Wildman–Crippen MR) is 75.8 cm³/mol. The summed E-state index contributed by atoms with van der Waals surface area (Å²) in [7, 11) is 0. The van der Waals surface area contributed by atoms with Crippen molar-refractivity contribution in [2.45, 2.75) is 32.7 Å². The lowest BCUT2D eigenvalue weighted by Crippen LogP contribution is -2.24. The monoisotopic (exact) mass is 261 g/mol. The minimum atomic E-state index is 0.349. The van der Waals surface area contributed by atoms with Crippen LogP contribution < -0.4 is 5.32 Å². The third-order valence-corrected chi connectivity index (χ3v) is 3.95. The zero-order valence-electron chi connectivity index (χ0n) is 10.9. The van der Waals surface area contributed by atoms with Gasteiger partial charge in [0.25, 0.3) is 0 Å². The Balaban J connectivity index is 2.13. The van der Waals surface area contributed by atoms with Crippen LogP contribution in [-0.2, 0) is 6.42 Å². The van der Waals surface area contributed by atoms with Gasteiger partial charge in [-0.1, -0.05) is 13.0 Å². The molecule has 1 unspecified atom stereocenters. The Kier molecular flexibility index (Phi) is 4.84. The molecule has 0 bridgehead atoms. The molecule has 96 valence electrons. The van der Waals surface area contributed by atoms with Crippen LogP contribution in [-0.4, -0.2) is 16.5 Å². The number of nitrogens with one attached hydrogen (secondary N) is 1. The van der Waals surface area contributed by atoms with Crippen molar-refractivity contribution >= 4 is 11.3 Å². The van der Waals surface area contributed by atoms with E-state index in [-0.39, 0.29) is 0 Å². The number of nitrogens with zero attached hydrogens (tertiary/aromatic N) is 2. The maximum absolute atomic E-state index is 4.35. The third-order valence-electron chi connectivity index (χ3n) is 2.90. The fourth-order valence-corrected chi connectivity index (χ4v) is 2.85. The van der Waals surface area contributed by atoms with Crippen molar-refractivity contribution in [3.05, 3.63) is 46.2 Å². The fourth-order valence-electron chi connectivity index (χ4n) is 1.98. The Morgan fingerprint density at radius 2 is 2.33 bits per heavy atom. The quantitative estimate of drug-likeness (QED) is 0.868. The van der Waals surface area contributed by atoms with Crippen molar-refractivity contribution in [2.75, 3.05) is 6.54 Å². The van der Waals surface area contributed by atoms with E-state index in [2.05, 4.69) is 35.2 Å². The van der Waals surface area contributed by atoms with Crippen molar-refractivity contribution in [2.24, 2.45) is 0 Å². The molecule has 2 rings (SSSR count). The van der Waals surface area contributed by atoms with E-state index >= 15 is 0 Å². The molecule has 0 saturated heterocycles. The molecule has 0 radical (unpaired) electrons. The number of pyridine rings is 1. The first kappa shape index (κ1) is 13.2. The molecule has 0 aliphatic carbocycles. The Morgan fingerprint density at radius 3 is 2.94 bits per heavy atom. The van der Waals surface area contributed by atoms with Gasteiger partial charge in [0.1, 0.15) is 0 Å². The molecule has 0 aliphatic rings. The van der Waals surface area contributed by atoms with Crippen LogP contribution in [0.3, 0.4) is 0 Å². The van der Waals surface area contributed by atoms with Crippen LogP contribution in [0, 0.1) is 6.92 Å². The van der Waals surface area contributed by atoms with Crippen molar-refractivity contribution < 1.29 is 0 Å². The minimum absolute atomic E-state index is 0.349. The Labute approximate surface area is 112 Å². The van der Waals surface area contributed by atoms with E-state index in [0.717, 1.165) is 25.1 Å². The molecule has 0 amide bonds. The lowest BCUT2D eigenvalue weighted by molar-refractivity contribution is 0.533. The number of rotatable bonds is 6. The normalized spacial score (nSPS) is 12.6. The van der Waals surface area contributed by atoms with Gasteiger partial charge in [0.2, 0.25) is 0 Å². The second kappa shape index (κ2) is 6.61. The highest BCUT2D eigenvalue weighted by Crippen LogP contribution is 2.24. The van der Waals surface area contributed by atoms with Crippen LogP contribution in [0.4, 0.5) is 0 Å². The molecule has 18 heavy (non-hydrogen) atoms. The molecule has 0 fully saturated rings. The zero-order chi connectivity index (χ0) is 12.8. The van der Waals surface area contributed by atoms with E-state index < -0.39 is 0 Å². The number of aryl methyl sites for hydroxylation is 1. The summed E-state index contributed by atoms with van der Waals surface area (Å²) in [4.78, 5) is 9.87. The van der Waals surface area contributed by atoms with Crippen molar-refractivity contribution in [3.8, 4) is 0 Å². The molecule has 0 aliphatic heterocycles. The van der Waals surface area contributed by atoms with Gasteiger partial charge in [0, 0.05) is 23.3 Å². The molecule has 0 aromatic carbocycles. The van der Waals surface area contributed by atoms with Crippen LogP contribution in [0.25, 0.3) is 0 Å². The Bertz CT molecular complexity index is 467. The van der Waals surface area contributed by atoms with Crippen LogP contribution in [0.5, 0.6) is 0 Å². The van der Waals surface area contributed by atoms with Gasteiger partial charge in [-0.15, -0.1) is 11.3 Å². The Hall–Kier alpha value is -1.26. The molecule has 1 N–H and O–H groups in total. The maximum Gasteiger partial charge on any atom is 0.0798 e. The van der Waals surface area contributed by atoms with Gasteiger partial charge >= 0.3 is 0 Å². The van der Waals surface area contributed by atoms with Gasteiger partial charge in [-0.3, -0.25) is 4.98 Å². The van der Waals surface area contributed by atoms with E-state index in [1.54, 1.807) is 11.3 Å². The van der Waals surface area contributed by atoms with Gasteiger partial charge in [-0.2, -0.15) is 0 Å². The summed E-state index contributed by atoms with van der Waals surface area (Å²) < 4.78 is 0. The highest BCUT2D eigenvalue weighted by atomic mass is 32.1. The summed E-state index contributed by atoms with van der Waals surface area (Å²) >= 11 is 1.73. The first-order valence-corrected chi connectivity index (χ1v) is 7.21. The van der Waals surface area contributed by atoms with Crippen LogP contribution in [0.2, 0.25) is 0 Å². The van der Waals surface area contributed by atoms with E-state index in [1.807, 2.05) is 24.0 Å². The molecule has 2 aromatic heterocycles. The molecular weight excluding hydrogens is 242 g/mol.